The van der Waals surface area contributed by atoms with E-state index in [-0.39, 0.29) is 11.2 Å². The van der Waals surface area contributed by atoms with E-state index in [2.05, 4.69) is 26.0 Å². The van der Waals surface area contributed by atoms with Gasteiger partial charge in [0.05, 0.1) is 47.4 Å². The molecule has 0 amide bonds. The quantitative estimate of drug-likeness (QED) is 0.381. The molecule has 0 radical (unpaired) electrons. The van der Waals surface area contributed by atoms with Crippen LogP contribution in [0.25, 0.3) is 31.8 Å². The maximum absolute atomic E-state index is 13.5. The highest BCUT2D eigenvalue weighted by Gasteiger charge is 2.22. The summed E-state index contributed by atoms with van der Waals surface area (Å²) in [6, 6.07) is 9.63. The van der Waals surface area contributed by atoms with Crippen LogP contribution < -0.4 is 15.2 Å². The lowest BCUT2D eigenvalue weighted by molar-refractivity contribution is -0.944. The number of benzene rings is 2. The SMILES string of the molecule is CCc1cc2c(=O)c(-c3nc4ccccc4s3)coc2c(C[NH+](C)CC[NH+](C)CC)c1O. The Hall–Kier alpha value is -2.74. The molecule has 0 spiro atoms. The molecule has 0 fully saturated rings. The Morgan fingerprint density at radius 2 is 1.88 bits per heavy atom. The van der Waals surface area contributed by atoms with Crippen molar-refractivity contribution >= 4 is 32.5 Å². The van der Waals surface area contributed by atoms with Gasteiger partial charge in [-0.3, -0.25) is 4.79 Å². The van der Waals surface area contributed by atoms with E-state index >= 15 is 0 Å². The van der Waals surface area contributed by atoms with Gasteiger partial charge >= 0.3 is 0 Å². The Morgan fingerprint density at radius 1 is 1.12 bits per heavy atom. The fraction of sp³-hybridized carbons (Fsp3) is 0.360. The number of aryl methyl sites for hydroxylation is 1. The first-order chi connectivity index (χ1) is 15.4. The third-order valence-electron chi connectivity index (χ3n) is 6.18. The summed E-state index contributed by atoms with van der Waals surface area (Å²) >= 11 is 1.49. The lowest BCUT2D eigenvalue weighted by Crippen LogP contribution is -3.17. The second kappa shape index (κ2) is 9.40. The molecule has 4 rings (SSSR count). The van der Waals surface area contributed by atoms with Crippen molar-refractivity contribution in [2.45, 2.75) is 26.8 Å². The minimum Gasteiger partial charge on any atom is -0.507 e. The Kier molecular flexibility index (Phi) is 6.60. The van der Waals surface area contributed by atoms with Crippen LogP contribution in [0.4, 0.5) is 0 Å². The van der Waals surface area contributed by atoms with Crippen molar-refractivity contribution < 1.29 is 19.3 Å². The van der Waals surface area contributed by atoms with Gasteiger partial charge in [-0.15, -0.1) is 11.3 Å². The minimum atomic E-state index is -0.103. The molecule has 6 nitrogen and oxygen atoms in total. The second-order valence-corrected chi connectivity index (χ2v) is 9.53. The van der Waals surface area contributed by atoms with Gasteiger partial charge in [0, 0.05) is 0 Å². The first-order valence-electron chi connectivity index (χ1n) is 11.2. The lowest BCUT2D eigenvalue weighted by Gasteiger charge is -2.19. The molecule has 4 aromatic rings. The van der Waals surface area contributed by atoms with E-state index in [0.29, 0.717) is 40.1 Å². The van der Waals surface area contributed by atoms with Gasteiger partial charge in [0.25, 0.3) is 0 Å². The smallest absolute Gasteiger partial charge is 0.202 e. The van der Waals surface area contributed by atoms with E-state index in [0.717, 1.165) is 35.4 Å². The van der Waals surface area contributed by atoms with Crippen LogP contribution in [-0.2, 0) is 13.0 Å². The molecule has 3 N–H and O–H groups in total. The summed E-state index contributed by atoms with van der Waals surface area (Å²) in [6.45, 7) is 7.84. The van der Waals surface area contributed by atoms with Crippen LogP contribution in [0.5, 0.6) is 5.75 Å². The largest absolute Gasteiger partial charge is 0.507 e. The Morgan fingerprint density at radius 3 is 2.59 bits per heavy atom. The molecule has 32 heavy (non-hydrogen) atoms. The number of fused-ring (bicyclic) bond motifs is 2. The van der Waals surface area contributed by atoms with Crippen LogP contribution in [0.15, 0.2) is 45.8 Å². The van der Waals surface area contributed by atoms with Crippen molar-refractivity contribution in [3.8, 4) is 16.3 Å². The number of hydrogen-bond donors (Lipinski definition) is 3. The molecule has 0 saturated heterocycles. The molecule has 0 aliphatic heterocycles. The van der Waals surface area contributed by atoms with Gasteiger partial charge in [-0.2, -0.15) is 0 Å². The van der Waals surface area contributed by atoms with E-state index in [9.17, 15) is 9.90 Å². The highest BCUT2D eigenvalue weighted by atomic mass is 32.1. The minimum absolute atomic E-state index is 0.103. The van der Waals surface area contributed by atoms with Crippen molar-refractivity contribution in [2.24, 2.45) is 0 Å². The summed E-state index contributed by atoms with van der Waals surface area (Å²) < 4.78 is 7.06. The van der Waals surface area contributed by atoms with E-state index in [1.807, 2.05) is 31.2 Å². The van der Waals surface area contributed by atoms with Crippen LogP contribution in [0.2, 0.25) is 0 Å². The van der Waals surface area contributed by atoms with Gasteiger partial charge in [-0.05, 0) is 37.1 Å². The molecule has 2 atom stereocenters. The molecular weight excluding hydrogens is 422 g/mol. The van der Waals surface area contributed by atoms with Crippen LogP contribution in [0, 0.1) is 0 Å². The average molecular weight is 454 g/mol. The molecule has 2 unspecified atom stereocenters. The van der Waals surface area contributed by atoms with Crippen LogP contribution in [0.1, 0.15) is 25.0 Å². The molecule has 0 aliphatic carbocycles. The number of aromatic nitrogens is 1. The first-order valence-corrected chi connectivity index (χ1v) is 12.0. The van der Waals surface area contributed by atoms with Crippen LogP contribution in [0.3, 0.4) is 0 Å². The molecule has 2 aromatic heterocycles. The average Bonchev–Trinajstić information content (AvgIpc) is 3.23. The van der Waals surface area contributed by atoms with Crippen molar-refractivity contribution in [3.05, 3.63) is 57.9 Å². The maximum atomic E-state index is 13.5. The number of phenols is 1. The normalized spacial score (nSPS) is 13.6. The first kappa shape index (κ1) is 22.5. The van der Waals surface area contributed by atoms with Gasteiger partial charge in [0.15, 0.2) is 0 Å². The van der Waals surface area contributed by atoms with Crippen molar-refractivity contribution in [1.82, 2.24) is 4.98 Å². The number of aromatic hydroxyl groups is 1. The Labute approximate surface area is 191 Å². The summed E-state index contributed by atoms with van der Waals surface area (Å²) in [4.78, 5) is 20.9. The predicted molar refractivity (Wildman–Crippen MR) is 130 cm³/mol. The number of nitrogens with zero attached hydrogens (tertiary/aromatic N) is 1. The van der Waals surface area contributed by atoms with Gasteiger partial charge in [-0.1, -0.05) is 19.1 Å². The molecule has 0 aliphatic rings. The monoisotopic (exact) mass is 453 g/mol. The summed E-state index contributed by atoms with van der Waals surface area (Å²) in [5.41, 5.74) is 3.19. The van der Waals surface area contributed by atoms with Crippen molar-refractivity contribution in [1.29, 1.82) is 0 Å². The number of phenolic OH excluding ortho intramolecular Hbond substituents is 1. The van der Waals surface area contributed by atoms with Gasteiger partial charge < -0.3 is 19.3 Å². The molecular formula is C25H31N3O3S+2. The Bertz CT molecular complexity index is 1280. The predicted octanol–water partition coefficient (Wildman–Crippen LogP) is 1.89. The van der Waals surface area contributed by atoms with E-state index in [1.54, 1.807) is 6.07 Å². The number of likely N-dealkylation sites (N-methyl/N-ethyl adjacent to an activating group) is 2. The standard InChI is InChI=1S/C25H29N3O3S/c1-5-16-13-17-23(30)19(25-26-20-9-7-8-10-21(20)32-25)15-31-24(17)18(22(16)29)14-28(4)12-11-27(3)6-2/h7-10,13,15,29H,5-6,11-12,14H2,1-4H3/p+2. The molecule has 2 aromatic carbocycles. The van der Waals surface area contributed by atoms with Crippen molar-refractivity contribution in [2.75, 3.05) is 33.7 Å². The Balaban J connectivity index is 1.78. The van der Waals surface area contributed by atoms with Crippen molar-refractivity contribution in [3.63, 3.8) is 0 Å². The number of para-hydroxylation sites is 1. The second-order valence-electron chi connectivity index (χ2n) is 8.50. The fourth-order valence-corrected chi connectivity index (χ4v) is 4.92. The molecule has 7 heteroatoms. The lowest BCUT2D eigenvalue weighted by atomic mass is 10.0. The topological polar surface area (TPSA) is 72.2 Å². The number of quaternary nitrogens is 2. The van der Waals surface area contributed by atoms with Gasteiger partial charge in [-0.25, -0.2) is 4.98 Å². The van der Waals surface area contributed by atoms with E-state index in [1.165, 1.54) is 27.4 Å². The highest BCUT2D eigenvalue weighted by Crippen LogP contribution is 2.33. The van der Waals surface area contributed by atoms with Gasteiger partial charge in [0.2, 0.25) is 5.43 Å². The molecule has 168 valence electrons. The third-order valence-corrected chi connectivity index (χ3v) is 7.25. The van der Waals surface area contributed by atoms with E-state index < -0.39 is 0 Å². The fourth-order valence-electron chi connectivity index (χ4n) is 3.95. The molecule has 2 heterocycles. The summed E-state index contributed by atoms with van der Waals surface area (Å²) in [5.74, 6) is 0.242. The zero-order chi connectivity index (χ0) is 22.8. The maximum Gasteiger partial charge on any atom is 0.202 e. The zero-order valence-electron chi connectivity index (χ0n) is 19.1. The third kappa shape index (κ3) is 4.28. The number of nitrogens with one attached hydrogen (secondary N) is 2. The molecule has 0 saturated carbocycles. The number of rotatable bonds is 8. The van der Waals surface area contributed by atoms with Crippen LogP contribution >= 0.6 is 11.3 Å². The number of thiazole rings is 1. The summed E-state index contributed by atoms with van der Waals surface area (Å²) in [5, 5.41) is 12.1. The molecule has 0 bridgehead atoms. The van der Waals surface area contributed by atoms with Gasteiger partial charge in [0.1, 0.15) is 42.2 Å². The highest BCUT2D eigenvalue weighted by molar-refractivity contribution is 7.21. The summed E-state index contributed by atoms with van der Waals surface area (Å²) in [6.07, 6.45) is 2.14. The zero-order valence-corrected chi connectivity index (χ0v) is 19.9. The summed E-state index contributed by atoms with van der Waals surface area (Å²) in [7, 11) is 4.29. The van der Waals surface area contributed by atoms with E-state index in [4.69, 9.17) is 4.42 Å². The van der Waals surface area contributed by atoms with Crippen LogP contribution in [-0.4, -0.2) is 43.8 Å². The number of hydrogen-bond acceptors (Lipinski definition) is 5.